The van der Waals surface area contributed by atoms with Gasteiger partial charge in [-0.1, -0.05) is 18.2 Å². The maximum atomic E-state index is 11.8. The summed E-state index contributed by atoms with van der Waals surface area (Å²) < 4.78 is 11.0. The molecule has 128 valence electrons. The van der Waals surface area contributed by atoms with Crippen molar-refractivity contribution in [3.63, 3.8) is 0 Å². The van der Waals surface area contributed by atoms with Crippen LogP contribution in [0.5, 0.6) is 5.75 Å². The van der Waals surface area contributed by atoms with Crippen LogP contribution >= 0.6 is 0 Å². The van der Waals surface area contributed by atoms with E-state index in [9.17, 15) is 4.79 Å². The number of rotatable bonds is 7. The van der Waals surface area contributed by atoms with Crippen molar-refractivity contribution < 1.29 is 14.3 Å². The lowest BCUT2D eigenvalue weighted by Gasteiger charge is -2.28. The Morgan fingerprint density at radius 1 is 1.22 bits per heavy atom. The third-order valence-corrected chi connectivity index (χ3v) is 4.26. The number of hydrogen-bond acceptors (Lipinski definition) is 4. The molecule has 0 amide bonds. The summed E-state index contributed by atoms with van der Waals surface area (Å²) in [4.78, 5) is 11.8. The molecule has 23 heavy (non-hydrogen) atoms. The molecule has 1 N–H and O–H groups in total. The van der Waals surface area contributed by atoms with Crippen molar-refractivity contribution in [2.45, 2.75) is 65.1 Å². The Kier molecular flexibility index (Phi) is 6.90. The Labute approximate surface area is 139 Å². The van der Waals surface area contributed by atoms with Gasteiger partial charge >= 0.3 is 5.97 Å². The van der Waals surface area contributed by atoms with Crippen LogP contribution in [0.2, 0.25) is 0 Å². The monoisotopic (exact) mass is 319 g/mol. The molecule has 0 aromatic heterocycles. The molecule has 1 aromatic carbocycles. The van der Waals surface area contributed by atoms with Crippen LogP contribution in [-0.4, -0.2) is 24.7 Å². The zero-order valence-corrected chi connectivity index (χ0v) is 14.5. The summed E-state index contributed by atoms with van der Waals surface area (Å²) in [6, 6.07) is 8.64. The second-order valence-electron chi connectivity index (χ2n) is 6.46. The lowest BCUT2D eigenvalue weighted by atomic mass is 9.86. The largest absolute Gasteiger partial charge is 0.491 e. The summed E-state index contributed by atoms with van der Waals surface area (Å²) >= 11 is 0. The molecule has 0 heterocycles. The van der Waals surface area contributed by atoms with Crippen LogP contribution in [0.4, 0.5) is 0 Å². The van der Waals surface area contributed by atoms with Gasteiger partial charge < -0.3 is 14.8 Å². The molecule has 0 aliphatic heterocycles. The highest BCUT2D eigenvalue weighted by Crippen LogP contribution is 2.26. The molecular formula is C19H29NO3. The van der Waals surface area contributed by atoms with E-state index in [1.165, 1.54) is 5.56 Å². The van der Waals surface area contributed by atoms with Gasteiger partial charge in [0, 0.05) is 18.2 Å². The van der Waals surface area contributed by atoms with E-state index in [2.05, 4.69) is 11.4 Å². The highest BCUT2D eigenvalue weighted by Gasteiger charge is 2.27. The first kappa shape index (κ1) is 17.8. The van der Waals surface area contributed by atoms with Crippen molar-refractivity contribution >= 4 is 5.97 Å². The van der Waals surface area contributed by atoms with E-state index in [1.807, 2.05) is 39.0 Å². The van der Waals surface area contributed by atoms with E-state index in [0.717, 1.165) is 38.0 Å². The highest BCUT2D eigenvalue weighted by molar-refractivity contribution is 5.72. The predicted octanol–water partition coefficient (Wildman–Crippen LogP) is 3.69. The molecule has 2 rings (SSSR count). The fourth-order valence-corrected chi connectivity index (χ4v) is 3.07. The summed E-state index contributed by atoms with van der Waals surface area (Å²) in [5, 5.41) is 3.61. The van der Waals surface area contributed by atoms with E-state index >= 15 is 0 Å². The minimum absolute atomic E-state index is 0.0263. The average molecular weight is 319 g/mol. The van der Waals surface area contributed by atoms with Crippen LogP contribution in [0.15, 0.2) is 24.3 Å². The molecule has 0 saturated heterocycles. The molecule has 0 bridgehead atoms. The van der Waals surface area contributed by atoms with Gasteiger partial charge in [0.2, 0.25) is 0 Å². The third kappa shape index (κ3) is 5.54. The van der Waals surface area contributed by atoms with Crippen LogP contribution in [0.1, 0.15) is 52.0 Å². The first-order chi connectivity index (χ1) is 11.1. The normalized spacial score (nSPS) is 21.2. The molecule has 1 aliphatic rings. The van der Waals surface area contributed by atoms with E-state index in [4.69, 9.17) is 9.47 Å². The number of para-hydroxylation sites is 1. The second kappa shape index (κ2) is 8.92. The molecule has 1 fully saturated rings. The first-order valence-corrected chi connectivity index (χ1v) is 8.74. The van der Waals surface area contributed by atoms with Gasteiger partial charge in [0.15, 0.2) is 0 Å². The number of hydrogen-bond donors (Lipinski definition) is 1. The molecule has 4 heteroatoms. The lowest BCUT2D eigenvalue weighted by Crippen LogP contribution is -2.35. The SMILES string of the molecule is CCOC(=O)C1CCC(NCc2ccccc2OC(C)C)CC1. The van der Waals surface area contributed by atoms with Crippen molar-refractivity contribution in [2.24, 2.45) is 5.92 Å². The van der Waals surface area contributed by atoms with Crippen molar-refractivity contribution in [3.05, 3.63) is 29.8 Å². The molecule has 1 aliphatic carbocycles. The minimum Gasteiger partial charge on any atom is -0.491 e. The van der Waals surface area contributed by atoms with Gasteiger partial charge in [0.1, 0.15) is 5.75 Å². The van der Waals surface area contributed by atoms with Crippen LogP contribution < -0.4 is 10.1 Å². The topological polar surface area (TPSA) is 47.6 Å². The summed E-state index contributed by atoms with van der Waals surface area (Å²) in [7, 11) is 0. The van der Waals surface area contributed by atoms with Crippen molar-refractivity contribution in [3.8, 4) is 5.75 Å². The molecular weight excluding hydrogens is 290 g/mol. The fraction of sp³-hybridized carbons (Fsp3) is 0.632. The van der Waals surface area contributed by atoms with Gasteiger partial charge in [-0.25, -0.2) is 0 Å². The van der Waals surface area contributed by atoms with E-state index in [0.29, 0.717) is 12.6 Å². The second-order valence-corrected chi connectivity index (χ2v) is 6.46. The van der Waals surface area contributed by atoms with Crippen LogP contribution in [-0.2, 0) is 16.1 Å². The summed E-state index contributed by atoms with van der Waals surface area (Å²) in [6.45, 7) is 7.23. The molecule has 0 atom stereocenters. The molecule has 1 aromatic rings. The lowest BCUT2D eigenvalue weighted by molar-refractivity contribution is -0.149. The summed E-state index contributed by atoms with van der Waals surface area (Å²) in [5.41, 5.74) is 1.19. The van der Waals surface area contributed by atoms with Crippen LogP contribution in [0.25, 0.3) is 0 Å². The van der Waals surface area contributed by atoms with Gasteiger partial charge in [-0.05, 0) is 52.5 Å². The Bertz CT molecular complexity index is 493. The average Bonchev–Trinajstić information content (AvgIpc) is 2.54. The van der Waals surface area contributed by atoms with Crippen molar-refractivity contribution in [1.82, 2.24) is 5.32 Å². The van der Waals surface area contributed by atoms with Gasteiger partial charge in [0.25, 0.3) is 0 Å². The Morgan fingerprint density at radius 3 is 2.57 bits per heavy atom. The molecule has 0 radical (unpaired) electrons. The van der Waals surface area contributed by atoms with Gasteiger partial charge in [0.05, 0.1) is 18.6 Å². The van der Waals surface area contributed by atoms with E-state index in [1.54, 1.807) is 0 Å². The number of benzene rings is 1. The van der Waals surface area contributed by atoms with Crippen molar-refractivity contribution in [1.29, 1.82) is 0 Å². The van der Waals surface area contributed by atoms with Crippen LogP contribution in [0.3, 0.4) is 0 Å². The quantitative estimate of drug-likeness (QED) is 0.779. The van der Waals surface area contributed by atoms with Gasteiger partial charge in [-0.15, -0.1) is 0 Å². The van der Waals surface area contributed by atoms with Gasteiger partial charge in [-0.2, -0.15) is 0 Å². The molecule has 0 unspecified atom stereocenters. The van der Waals surface area contributed by atoms with Crippen LogP contribution in [0, 0.1) is 5.92 Å². The maximum absolute atomic E-state index is 11.8. The fourth-order valence-electron chi connectivity index (χ4n) is 3.07. The summed E-state index contributed by atoms with van der Waals surface area (Å²) in [6.07, 6.45) is 4.06. The number of ether oxygens (including phenoxy) is 2. The first-order valence-electron chi connectivity index (χ1n) is 8.74. The third-order valence-electron chi connectivity index (χ3n) is 4.26. The summed E-state index contributed by atoms with van der Waals surface area (Å²) in [5.74, 6) is 1.02. The Hall–Kier alpha value is -1.55. The zero-order valence-electron chi connectivity index (χ0n) is 14.5. The number of esters is 1. The Morgan fingerprint density at radius 2 is 1.91 bits per heavy atom. The van der Waals surface area contributed by atoms with E-state index in [-0.39, 0.29) is 18.0 Å². The highest BCUT2D eigenvalue weighted by atomic mass is 16.5. The molecule has 0 spiro atoms. The molecule has 4 nitrogen and oxygen atoms in total. The van der Waals surface area contributed by atoms with Crippen molar-refractivity contribution in [2.75, 3.05) is 6.61 Å². The van der Waals surface area contributed by atoms with Gasteiger partial charge in [-0.3, -0.25) is 4.79 Å². The number of carbonyl (C=O) groups is 1. The minimum atomic E-state index is -0.0263. The number of carbonyl (C=O) groups excluding carboxylic acids is 1. The zero-order chi connectivity index (χ0) is 16.7. The maximum Gasteiger partial charge on any atom is 0.308 e. The predicted molar refractivity (Wildman–Crippen MR) is 91.4 cm³/mol. The number of nitrogens with one attached hydrogen (secondary N) is 1. The standard InChI is InChI=1S/C19H29NO3/c1-4-22-19(21)15-9-11-17(12-10-15)20-13-16-7-5-6-8-18(16)23-14(2)3/h5-8,14-15,17,20H,4,9-13H2,1-3H3. The Balaban J connectivity index is 1.81. The molecule has 1 saturated carbocycles. The van der Waals surface area contributed by atoms with E-state index < -0.39 is 0 Å². The smallest absolute Gasteiger partial charge is 0.308 e.